The Morgan fingerprint density at radius 2 is 2.30 bits per heavy atom. The standard InChI is InChI=1S/C17H22N4OS/c1-20(2)15-10-23-16-7-18-14(6-13(15)16)17(22)19-12-5-11-3-4-21(8-11)9-12/h6-7,10-12H,3-5,8-9H2,1-2H3,(H,19,22). The van der Waals surface area contributed by atoms with Gasteiger partial charge < -0.3 is 15.1 Å². The molecule has 122 valence electrons. The summed E-state index contributed by atoms with van der Waals surface area (Å²) in [5.41, 5.74) is 1.66. The number of carbonyl (C=O) groups is 1. The highest BCUT2D eigenvalue weighted by Gasteiger charge is 2.33. The third-order valence-corrected chi connectivity index (χ3v) is 5.88. The maximum absolute atomic E-state index is 12.6. The van der Waals surface area contributed by atoms with Crippen molar-refractivity contribution < 1.29 is 4.79 Å². The summed E-state index contributed by atoms with van der Waals surface area (Å²) in [6.45, 7) is 3.37. The number of amides is 1. The fourth-order valence-corrected chi connectivity index (χ4v) is 4.79. The first-order valence-electron chi connectivity index (χ1n) is 8.18. The second-order valence-corrected chi connectivity index (χ2v) is 7.81. The van der Waals surface area contributed by atoms with Crippen molar-refractivity contribution in [2.75, 3.05) is 38.6 Å². The molecular weight excluding hydrogens is 308 g/mol. The average molecular weight is 330 g/mol. The summed E-state index contributed by atoms with van der Waals surface area (Å²) in [4.78, 5) is 21.5. The molecule has 4 rings (SSSR count). The Morgan fingerprint density at radius 1 is 1.43 bits per heavy atom. The highest BCUT2D eigenvalue weighted by atomic mass is 32.1. The molecule has 1 amide bonds. The minimum Gasteiger partial charge on any atom is -0.376 e. The maximum atomic E-state index is 12.6. The molecule has 2 saturated heterocycles. The smallest absolute Gasteiger partial charge is 0.270 e. The number of hydrogen-bond acceptors (Lipinski definition) is 5. The highest BCUT2D eigenvalue weighted by Crippen LogP contribution is 2.32. The molecule has 1 N–H and O–H groups in total. The second kappa shape index (κ2) is 5.76. The van der Waals surface area contributed by atoms with E-state index in [1.807, 2.05) is 26.4 Å². The Bertz CT molecular complexity index is 729. The Hall–Kier alpha value is -1.66. The average Bonchev–Trinajstić information content (AvgIpc) is 3.09. The molecule has 5 nitrogen and oxygen atoms in total. The van der Waals surface area contributed by atoms with Crippen LogP contribution in [0.5, 0.6) is 0 Å². The number of carbonyl (C=O) groups excluding carboxylic acids is 1. The van der Waals surface area contributed by atoms with Crippen molar-refractivity contribution in [2.45, 2.75) is 18.9 Å². The van der Waals surface area contributed by atoms with E-state index < -0.39 is 0 Å². The molecule has 0 aromatic carbocycles. The van der Waals surface area contributed by atoms with Gasteiger partial charge >= 0.3 is 0 Å². The first-order valence-corrected chi connectivity index (χ1v) is 9.06. The minimum atomic E-state index is -0.0460. The van der Waals surface area contributed by atoms with E-state index in [0.29, 0.717) is 5.69 Å². The van der Waals surface area contributed by atoms with Crippen molar-refractivity contribution in [3.63, 3.8) is 0 Å². The van der Waals surface area contributed by atoms with Crippen LogP contribution in [0.25, 0.3) is 10.1 Å². The highest BCUT2D eigenvalue weighted by molar-refractivity contribution is 7.17. The molecule has 3 unspecified atom stereocenters. The predicted molar refractivity (Wildman–Crippen MR) is 94.4 cm³/mol. The summed E-state index contributed by atoms with van der Waals surface area (Å²) in [6, 6.07) is 2.19. The van der Waals surface area contributed by atoms with Crippen molar-refractivity contribution in [1.82, 2.24) is 15.2 Å². The molecule has 4 heterocycles. The largest absolute Gasteiger partial charge is 0.376 e. The lowest BCUT2D eigenvalue weighted by molar-refractivity contribution is 0.0904. The quantitative estimate of drug-likeness (QED) is 0.937. The Morgan fingerprint density at radius 3 is 3.09 bits per heavy atom. The topological polar surface area (TPSA) is 48.5 Å². The van der Waals surface area contributed by atoms with Gasteiger partial charge in [-0.25, -0.2) is 4.98 Å². The molecule has 0 aliphatic carbocycles. The van der Waals surface area contributed by atoms with E-state index in [2.05, 4.69) is 25.5 Å². The monoisotopic (exact) mass is 330 g/mol. The number of pyridine rings is 1. The number of anilines is 1. The van der Waals surface area contributed by atoms with Gasteiger partial charge in [0.1, 0.15) is 5.69 Å². The molecule has 0 saturated carbocycles. The molecule has 0 spiro atoms. The molecule has 3 atom stereocenters. The normalized spacial score (nSPS) is 26.4. The van der Waals surface area contributed by atoms with Crippen LogP contribution >= 0.6 is 11.3 Å². The Kier molecular flexibility index (Phi) is 3.73. The van der Waals surface area contributed by atoms with E-state index in [-0.39, 0.29) is 11.9 Å². The van der Waals surface area contributed by atoms with Crippen molar-refractivity contribution in [2.24, 2.45) is 5.92 Å². The van der Waals surface area contributed by atoms with Crippen LogP contribution < -0.4 is 10.2 Å². The van der Waals surface area contributed by atoms with Gasteiger partial charge in [-0.2, -0.15) is 0 Å². The van der Waals surface area contributed by atoms with Gasteiger partial charge in [-0.15, -0.1) is 11.3 Å². The molecule has 2 fully saturated rings. The first kappa shape index (κ1) is 14.9. The summed E-state index contributed by atoms with van der Waals surface area (Å²) < 4.78 is 1.12. The molecule has 6 heteroatoms. The van der Waals surface area contributed by atoms with E-state index in [1.165, 1.54) is 19.5 Å². The molecular formula is C17H22N4OS. The number of aromatic nitrogens is 1. The van der Waals surface area contributed by atoms with E-state index in [0.717, 1.165) is 34.7 Å². The van der Waals surface area contributed by atoms with Crippen LogP contribution in [0, 0.1) is 5.92 Å². The van der Waals surface area contributed by atoms with E-state index >= 15 is 0 Å². The van der Waals surface area contributed by atoms with E-state index in [4.69, 9.17) is 0 Å². The summed E-state index contributed by atoms with van der Waals surface area (Å²) in [5.74, 6) is 0.706. The van der Waals surface area contributed by atoms with Gasteiger partial charge in [0.15, 0.2) is 0 Å². The molecule has 2 aliphatic heterocycles. The van der Waals surface area contributed by atoms with Gasteiger partial charge in [0.05, 0.1) is 10.4 Å². The number of fused-ring (bicyclic) bond motifs is 3. The summed E-state index contributed by atoms with van der Waals surface area (Å²) in [7, 11) is 4.04. The Labute approximate surface area is 140 Å². The van der Waals surface area contributed by atoms with Crippen LogP contribution in [-0.4, -0.2) is 55.6 Å². The lowest BCUT2D eigenvalue weighted by Gasteiger charge is -2.30. The minimum absolute atomic E-state index is 0.0460. The van der Waals surface area contributed by atoms with Gasteiger partial charge in [-0.3, -0.25) is 4.79 Å². The molecule has 2 aromatic rings. The SMILES string of the molecule is CN(C)c1csc2cnc(C(=O)NC3CC4CCN(C4)C3)cc12. The van der Waals surface area contributed by atoms with Crippen molar-refractivity contribution in [1.29, 1.82) is 0 Å². The summed E-state index contributed by atoms with van der Waals surface area (Å²) in [6.07, 6.45) is 4.19. The Balaban J connectivity index is 1.54. The van der Waals surface area contributed by atoms with Crippen molar-refractivity contribution in [3.8, 4) is 0 Å². The number of thiophene rings is 1. The number of hydrogen-bond donors (Lipinski definition) is 1. The molecule has 23 heavy (non-hydrogen) atoms. The molecule has 0 radical (unpaired) electrons. The number of piperidine rings is 1. The fourth-order valence-electron chi connectivity index (χ4n) is 3.81. The van der Waals surface area contributed by atoms with Crippen molar-refractivity contribution >= 4 is 33.0 Å². The lowest BCUT2D eigenvalue weighted by atomic mass is 9.97. The van der Waals surface area contributed by atoms with Crippen molar-refractivity contribution in [3.05, 3.63) is 23.3 Å². The third kappa shape index (κ3) is 2.81. The zero-order chi connectivity index (χ0) is 16.0. The van der Waals surface area contributed by atoms with Crippen LogP contribution in [0.3, 0.4) is 0 Å². The van der Waals surface area contributed by atoms with E-state index in [9.17, 15) is 4.79 Å². The summed E-state index contributed by atoms with van der Waals surface area (Å²) in [5, 5.41) is 6.40. The zero-order valence-corrected chi connectivity index (χ0v) is 14.4. The first-order chi connectivity index (χ1) is 11.1. The summed E-state index contributed by atoms with van der Waals surface area (Å²) >= 11 is 1.66. The van der Waals surface area contributed by atoms with E-state index in [1.54, 1.807) is 11.3 Å². The van der Waals surface area contributed by atoms with Crippen LogP contribution in [-0.2, 0) is 0 Å². The van der Waals surface area contributed by atoms with Gasteiger partial charge in [0, 0.05) is 50.2 Å². The van der Waals surface area contributed by atoms with Gasteiger partial charge in [0.25, 0.3) is 5.91 Å². The second-order valence-electron chi connectivity index (χ2n) is 6.90. The zero-order valence-electron chi connectivity index (χ0n) is 13.6. The van der Waals surface area contributed by atoms with Crippen LogP contribution in [0.1, 0.15) is 23.3 Å². The van der Waals surface area contributed by atoms with Crippen LogP contribution in [0.2, 0.25) is 0 Å². The molecule has 2 bridgehead atoms. The van der Waals surface area contributed by atoms with Gasteiger partial charge in [-0.05, 0) is 31.4 Å². The molecule has 2 aromatic heterocycles. The van der Waals surface area contributed by atoms with Gasteiger partial charge in [-0.1, -0.05) is 0 Å². The van der Waals surface area contributed by atoms with Gasteiger partial charge in [0.2, 0.25) is 0 Å². The number of rotatable bonds is 3. The number of nitrogens with one attached hydrogen (secondary N) is 1. The lowest BCUT2D eigenvalue weighted by Crippen LogP contribution is -2.47. The third-order valence-electron chi connectivity index (χ3n) is 4.96. The number of nitrogens with zero attached hydrogens (tertiary/aromatic N) is 3. The fraction of sp³-hybridized carbons (Fsp3) is 0.529. The van der Waals surface area contributed by atoms with Crippen LogP contribution in [0.4, 0.5) is 5.69 Å². The van der Waals surface area contributed by atoms with Crippen LogP contribution in [0.15, 0.2) is 17.6 Å². The maximum Gasteiger partial charge on any atom is 0.270 e. The predicted octanol–water partition coefficient (Wildman–Crippen LogP) is 2.19. The molecule has 2 aliphatic rings.